The van der Waals surface area contributed by atoms with Crippen LogP contribution in [0.3, 0.4) is 0 Å². The van der Waals surface area contributed by atoms with Crippen LogP contribution in [0.2, 0.25) is 0 Å². The molecule has 1 aromatic rings. The molecule has 0 aromatic heterocycles. The molecule has 108 valence electrons. The van der Waals surface area contributed by atoms with Gasteiger partial charge in [-0.3, -0.25) is 9.69 Å². The molecule has 6 heteroatoms. The van der Waals surface area contributed by atoms with Gasteiger partial charge in [0.15, 0.2) is 0 Å². The summed E-state index contributed by atoms with van der Waals surface area (Å²) in [6, 6.07) is 9.42. The number of likely N-dealkylation sites (tertiary alicyclic amines) is 1. The van der Waals surface area contributed by atoms with Gasteiger partial charge in [-0.2, -0.15) is 0 Å². The molecule has 0 radical (unpaired) electrons. The Balaban J connectivity index is 1.84. The van der Waals surface area contributed by atoms with Crippen LogP contribution in [0.15, 0.2) is 30.3 Å². The summed E-state index contributed by atoms with van der Waals surface area (Å²) in [4.78, 5) is 24.0. The van der Waals surface area contributed by atoms with Crippen LogP contribution in [0.4, 0.5) is 4.79 Å². The van der Waals surface area contributed by atoms with Gasteiger partial charge in [0, 0.05) is 6.54 Å². The zero-order valence-corrected chi connectivity index (χ0v) is 11.1. The smallest absolute Gasteiger partial charge is 0.408 e. The van der Waals surface area contributed by atoms with E-state index >= 15 is 0 Å². The zero-order chi connectivity index (χ0) is 14.5. The van der Waals surface area contributed by atoms with Crippen LogP contribution in [0.25, 0.3) is 0 Å². The fourth-order valence-corrected chi connectivity index (χ4v) is 2.30. The standard InChI is InChI=1S/C14H18N2O4/c15-12-8-11(6-7-16(12)14(18)19)13(17)20-9-10-4-2-1-3-5-10/h1-5,11-12H,6-9,15H2,(H,18,19). The minimum Gasteiger partial charge on any atom is -0.465 e. The van der Waals surface area contributed by atoms with Gasteiger partial charge in [-0.15, -0.1) is 0 Å². The third kappa shape index (κ3) is 3.48. The molecule has 1 aromatic carbocycles. The van der Waals surface area contributed by atoms with Gasteiger partial charge < -0.3 is 15.6 Å². The fourth-order valence-electron chi connectivity index (χ4n) is 2.30. The first-order chi connectivity index (χ1) is 9.58. The van der Waals surface area contributed by atoms with Crippen molar-refractivity contribution in [1.29, 1.82) is 0 Å². The van der Waals surface area contributed by atoms with Crippen molar-refractivity contribution in [2.45, 2.75) is 25.6 Å². The molecule has 2 unspecified atom stereocenters. The van der Waals surface area contributed by atoms with E-state index in [-0.39, 0.29) is 25.0 Å². The number of carbonyl (C=O) groups is 2. The van der Waals surface area contributed by atoms with Crippen LogP contribution < -0.4 is 5.73 Å². The summed E-state index contributed by atoms with van der Waals surface area (Å²) in [6.07, 6.45) is -0.933. The molecule has 0 aliphatic carbocycles. The SMILES string of the molecule is NC1CC(C(=O)OCc2ccccc2)CCN1C(=O)O. The number of carboxylic acid groups (broad SMARTS) is 1. The van der Waals surface area contributed by atoms with E-state index in [2.05, 4.69) is 0 Å². The van der Waals surface area contributed by atoms with Crippen molar-refractivity contribution < 1.29 is 19.4 Å². The molecule has 1 saturated heterocycles. The van der Waals surface area contributed by atoms with Crippen LogP contribution in [0, 0.1) is 5.92 Å². The van der Waals surface area contributed by atoms with Gasteiger partial charge in [0.05, 0.1) is 12.1 Å². The molecule has 0 bridgehead atoms. The van der Waals surface area contributed by atoms with Crippen molar-refractivity contribution in [1.82, 2.24) is 4.90 Å². The van der Waals surface area contributed by atoms with Gasteiger partial charge in [0.1, 0.15) is 6.61 Å². The van der Waals surface area contributed by atoms with Crippen molar-refractivity contribution in [2.24, 2.45) is 11.7 Å². The van der Waals surface area contributed by atoms with Crippen LogP contribution in [0.5, 0.6) is 0 Å². The number of amides is 1. The minimum absolute atomic E-state index is 0.230. The van der Waals surface area contributed by atoms with Gasteiger partial charge in [0.2, 0.25) is 0 Å². The highest BCUT2D eigenvalue weighted by Crippen LogP contribution is 2.22. The first-order valence-corrected chi connectivity index (χ1v) is 6.53. The third-order valence-corrected chi connectivity index (χ3v) is 3.45. The van der Waals surface area contributed by atoms with Gasteiger partial charge >= 0.3 is 12.1 Å². The van der Waals surface area contributed by atoms with E-state index in [9.17, 15) is 9.59 Å². The zero-order valence-electron chi connectivity index (χ0n) is 11.1. The highest BCUT2D eigenvalue weighted by molar-refractivity contribution is 5.73. The fraction of sp³-hybridized carbons (Fsp3) is 0.429. The van der Waals surface area contributed by atoms with Crippen LogP contribution in [-0.2, 0) is 16.1 Å². The van der Waals surface area contributed by atoms with Gasteiger partial charge in [-0.25, -0.2) is 4.79 Å². The number of esters is 1. The predicted molar refractivity (Wildman–Crippen MR) is 71.7 cm³/mol. The molecule has 1 amide bonds. The summed E-state index contributed by atoms with van der Waals surface area (Å²) in [5.41, 5.74) is 6.68. The first-order valence-electron chi connectivity index (χ1n) is 6.53. The summed E-state index contributed by atoms with van der Waals surface area (Å²) < 4.78 is 5.25. The molecule has 1 heterocycles. The molecule has 0 saturated carbocycles. The first kappa shape index (κ1) is 14.3. The number of nitrogens with zero attached hydrogens (tertiary/aromatic N) is 1. The number of nitrogens with two attached hydrogens (primary N) is 1. The molecule has 1 aliphatic heterocycles. The monoisotopic (exact) mass is 278 g/mol. The summed E-state index contributed by atoms with van der Waals surface area (Å²) in [5.74, 6) is -0.640. The molecule has 20 heavy (non-hydrogen) atoms. The Bertz CT molecular complexity index is 477. The summed E-state index contributed by atoms with van der Waals surface area (Å²) in [5, 5.41) is 8.92. The van der Waals surface area contributed by atoms with Crippen molar-refractivity contribution in [3.8, 4) is 0 Å². The molecule has 2 atom stereocenters. The van der Waals surface area contributed by atoms with E-state index in [0.717, 1.165) is 10.5 Å². The quantitative estimate of drug-likeness (QED) is 0.815. The van der Waals surface area contributed by atoms with Crippen molar-refractivity contribution in [3.63, 3.8) is 0 Å². The van der Waals surface area contributed by atoms with Crippen molar-refractivity contribution >= 4 is 12.1 Å². The van der Waals surface area contributed by atoms with Crippen LogP contribution in [-0.4, -0.2) is 34.8 Å². The highest BCUT2D eigenvalue weighted by atomic mass is 16.5. The van der Waals surface area contributed by atoms with Gasteiger partial charge in [-0.1, -0.05) is 30.3 Å². The maximum absolute atomic E-state index is 11.9. The lowest BCUT2D eigenvalue weighted by molar-refractivity contribution is -0.152. The number of piperidine rings is 1. The van der Waals surface area contributed by atoms with E-state index in [4.69, 9.17) is 15.6 Å². The van der Waals surface area contributed by atoms with Crippen molar-refractivity contribution in [3.05, 3.63) is 35.9 Å². The lowest BCUT2D eigenvalue weighted by Crippen LogP contribution is -2.51. The van der Waals surface area contributed by atoms with Crippen molar-refractivity contribution in [2.75, 3.05) is 6.54 Å². The van der Waals surface area contributed by atoms with E-state index in [1.807, 2.05) is 30.3 Å². The molecular formula is C14H18N2O4. The number of rotatable bonds is 3. The molecule has 1 aliphatic rings. The maximum Gasteiger partial charge on any atom is 0.408 e. The Morgan fingerprint density at radius 2 is 2.05 bits per heavy atom. The van der Waals surface area contributed by atoms with E-state index in [1.54, 1.807) is 0 Å². The second kappa shape index (κ2) is 6.38. The molecule has 6 nitrogen and oxygen atoms in total. The highest BCUT2D eigenvalue weighted by Gasteiger charge is 2.33. The Kier molecular flexibility index (Phi) is 4.57. The lowest BCUT2D eigenvalue weighted by Gasteiger charge is -2.34. The summed E-state index contributed by atoms with van der Waals surface area (Å²) in [7, 11) is 0. The number of hydrogen-bond donors (Lipinski definition) is 2. The largest absolute Gasteiger partial charge is 0.465 e. The van der Waals surface area contributed by atoms with E-state index in [1.165, 1.54) is 0 Å². The van der Waals surface area contributed by atoms with E-state index in [0.29, 0.717) is 12.8 Å². The molecule has 3 N–H and O–H groups in total. The average Bonchev–Trinajstić information content (AvgIpc) is 2.45. The Morgan fingerprint density at radius 3 is 2.65 bits per heavy atom. The Hall–Kier alpha value is -2.08. The van der Waals surface area contributed by atoms with Gasteiger partial charge in [0.25, 0.3) is 0 Å². The second-order valence-electron chi connectivity index (χ2n) is 4.86. The van der Waals surface area contributed by atoms with E-state index < -0.39 is 12.3 Å². The molecular weight excluding hydrogens is 260 g/mol. The molecule has 0 spiro atoms. The number of hydrogen-bond acceptors (Lipinski definition) is 4. The number of carbonyl (C=O) groups excluding carboxylic acids is 1. The Morgan fingerprint density at radius 1 is 1.35 bits per heavy atom. The number of benzene rings is 1. The van der Waals surface area contributed by atoms with Crippen LogP contribution in [0.1, 0.15) is 18.4 Å². The lowest BCUT2D eigenvalue weighted by atomic mass is 9.95. The summed E-state index contributed by atoms with van der Waals surface area (Å²) >= 11 is 0. The van der Waals surface area contributed by atoms with Gasteiger partial charge in [-0.05, 0) is 18.4 Å². The maximum atomic E-state index is 11.9. The Labute approximate surface area is 117 Å². The second-order valence-corrected chi connectivity index (χ2v) is 4.86. The van der Waals surface area contributed by atoms with Crippen LogP contribution >= 0.6 is 0 Å². The predicted octanol–water partition coefficient (Wildman–Crippen LogP) is 1.40. The molecule has 2 rings (SSSR count). The summed E-state index contributed by atoms with van der Waals surface area (Å²) in [6.45, 7) is 0.496. The third-order valence-electron chi connectivity index (χ3n) is 3.45. The normalized spacial score (nSPS) is 22.4. The average molecular weight is 278 g/mol. The minimum atomic E-state index is -1.05. The molecule has 1 fully saturated rings. The topological polar surface area (TPSA) is 92.9 Å². The number of ether oxygens (including phenoxy) is 1.